The molecule has 1 N–H and O–H groups in total. The molecule has 1 amide bonds. The molecule has 0 unspecified atom stereocenters. The zero-order valence-electron chi connectivity index (χ0n) is 15.4. The number of carbonyl (C=O) groups excluding carboxylic acids is 1. The van der Waals surface area contributed by atoms with Crippen molar-refractivity contribution < 1.29 is 9.18 Å². The number of nitrogens with zero attached hydrogens (tertiary/aromatic N) is 2. The predicted molar refractivity (Wildman–Crippen MR) is 103 cm³/mol. The fourth-order valence-corrected chi connectivity index (χ4v) is 3.28. The summed E-state index contributed by atoms with van der Waals surface area (Å²) in [6.07, 6.45) is 0. The smallest absolute Gasteiger partial charge is 0.236 e. The van der Waals surface area contributed by atoms with Crippen LogP contribution in [0.25, 0.3) is 0 Å². The van der Waals surface area contributed by atoms with Crippen molar-refractivity contribution in [2.24, 2.45) is 0 Å². The summed E-state index contributed by atoms with van der Waals surface area (Å²) in [5, 5.41) is 3.20. The molecular formula is C21H26FN3O. The number of hydrogen-bond acceptors (Lipinski definition) is 3. The third-order valence-electron chi connectivity index (χ3n) is 4.91. The summed E-state index contributed by atoms with van der Waals surface area (Å²) in [4.78, 5) is 16.7. The second kappa shape index (κ2) is 8.32. The van der Waals surface area contributed by atoms with E-state index in [-0.39, 0.29) is 24.3 Å². The van der Waals surface area contributed by atoms with Gasteiger partial charge in [-0.2, -0.15) is 0 Å². The zero-order valence-corrected chi connectivity index (χ0v) is 15.4. The highest BCUT2D eigenvalue weighted by molar-refractivity contribution is 5.78. The van der Waals surface area contributed by atoms with Crippen LogP contribution in [-0.4, -0.2) is 43.5 Å². The number of benzene rings is 2. The number of nitrogens with one attached hydrogen (secondary N) is 1. The van der Waals surface area contributed by atoms with Gasteiger partial charge in [-0.1, -0.05) is 24.3 Å². The minimum atomic E-state index is -0.255. The largest absolute Gasteiger partial charge is 0.368 e. The Labute approximate surface area is 154 Å². The van der Waals surface area contributed by atoms with Crippen LogP contribution in [0.5, 0.6) is 0 Å². The average molecular weight is 355 g/mol. The van der Waals surface area contributed by atoms with E-state index in [2.05, 4.69) is 41.4 Å². The Hall–Kier alpha value is -2.40. The van der Waals surface area contributed by atoms with Gasteiger partial charge in [-0.25, -0.2) is 4.39 Å². The van der Waals surface area contributed by atoms with E-state index < -0.39 is 0 Å². The first-order valence-electron chi connectivity index (χ1n) is 9.11. The van der Waals surface area contributed by atoms with E-state index in [1.807, 2.05) is 17.9 Å². The van der Waals surface area contributed by atoms with Crippen molar-refractivity contribution in [1.29, 1.82) is 0 Å². The minimum absolute atomic E-state index is 0.0665. The molecule has 1 aliphatic rings. The molecule has 1 heterocycles. The number of piperazine rings is 1. The van der Waals surface area contributed by atoms with Crippen molar-refractivity contribution in [1.82, 2.24) is 10.2 Å². The van der Waals surface area contributed by atoms with Gasteiger partial charge in [0.1, 0.15) is 5.82 Å². The monoisotopic (exact) mass is 355 g/mol. The summed E-state index contributed by atoms with van der Waals surface area (Å²) in [7, 11) is 0. The van der Waals surface area contributed by atoms with E-state index in [1.54, 1.807) is 6.07 Å². The van der Waals surface area contributed by atoms with Crippen molar-refractivity contribution in [3.8, 4) is 0 Å². The van der Waals surface area contributed by atoms with Crippen LogP contribution in [0.4, 0.5) is 10.1 Å². The maximum Gasteiger partial charge on any atom is 0.236 e. The van der Waals surface area contributed by atoms with Crippen molar-refractivity contribution in [2.45, 2.75) is 19.9 Å². The maximum absolute atomic E-state index is 13.3. The average Bonchev–Trinajstić information content (AvgIpc) is 2.66. The molecule has 0 aromatic heterocycles. The Morgan fingerprint density at radius 2 is 1.85 bits per heavy atom. The molecule has 0 bridgehead atoms. The molecule has 26 heavy (non-hydrogen) atoms. The van der Waals surface area contributed by atoms with Crippen LogP contribution in [0.15, 0.2) is 48.5 Å². The highest BCUT2D eigenvalue weighted by Crippen LogP contribution is 2.18. The molecule has 0 radical (unpaired) electrons. The summed E-state index contributed by atoms with van der Waals surface area (Å²) >= 11 is 0. The summed E-state index contributed by atoms with van der Waals surface area (Å²) in [6.45, 7) is 7.43. The molecule has 1 fully saturated rings. The van der Waals surface area contributed by atoms with Gasteiger partial charge < -0.3 is 15.1 Å². The molecular weight excluding hydrogens is 329 g/mol. The summed E-state index contributed by atoms with van der Waals surface area (Å²) < 4.78 is 13.3. The number of anilines is 1. The topological polar surface area (TPSA) is 35.6 Å². The summed E-state index contributed by atoms with van der Waals surface area (Å²) in [5.41, 5.74) is 3.31. The van der Waals surface area contributed by atoms with E-state index in [0.717, 1.165) is 31.7 Å². The quantitative estimate of drug-likeness (QED) is 0.895. The fourth-order valence-electron chi connectivity index (χ4n) is 3.28. The number of amides is 1. The van der Waals surface area contributed by atoms with Gasteiger partial charge in [0.05, 0.1) is 6.54 Å². The maximum atomic E-state index is 13.3. The van der Waals surface area contributed by atoms with Crippen molar-refractivity contribution >= 4 is 11.6 Å². The second-order valence-corrected chi connectivity index (χ2v) is 6.86. The Morgan fingerprint density at radius 1 is 1.12 bits per heavy atom. The summed E-state index contributed by atoms with van der Waals surface area (Å²) in [6, 6.07) is 14.9. The van der Waals surface area contributed by atoms with Crippen LogP contribution in [0, 0.1) is 12.7 Å². The lowest BCUT2D eigenvalue weighted by Gasteiger charge is -2.36. The van der Waals surface area contributed by atoms with Crippen molar-refractivity contribution in [3.63, 3.8) is 0 Å². The lowest BCUT2D eigenvalue weighted by molar-refractivity contribution is -0.130. The van der Waals surface area contributed by atoms with Gasteiger partial charge in [0, 0.05) is 37.9 Å². The molecule has 1 aliphatic heterocycles. The van der Waals surface area contributed by atoms with Crippen LogP contribution in [0.1, 0.15) is 24.1 Å². The second-order valence-electron chi connectivity index (χ2n) is 6.86. The number of rotatable bonds is 5. The number of aryl methyl sites for hydroxylation is 1. The van der Waals surface area contributed by atoms with Crippen LogP contribution in [0.2, 0.25) is 0 Å². The first kappa shape index (κ1) is 18.4. The first-order valence-corrected chi connectivity index (χ1v) is 9.11. The van der Waals surface area contributed by atoms with E-state index >= 15 is 0 Å². The van der Waals surface area contributed by atoms with Gasteiger partial charge in [0.15, 0.2) is 0 Å². The molecule has 4 nitrogen and oxygen atoms in total. The van der Waals surface area contributed by atoms with Gasteiger partial charge in [-0.3, -0.25) is 4.79 Å². The molecule has 0 saturated carbocycles. The summed E-state index contributed by atoms with van der Waals surface area (Å²) in [5.74, 6) is -0.160. The van der Waals surface area contributed by atoms with Crippen LogP contribution in [-0.2, 0) is 4.79 Å². The molecule has 0 aliphatic carbocycles. The van der Waals surface area contributed by atoms with Crippen LogP contribution >= 0.6 is 0 Å². The molecule has 2 aromatic carbocycles. The molecule has 0 spiro atoms. The Morgan fingerprint density at radius 3 is 2.54 bits per heavy atom. The van der Waals surface area contributed by atoms with Crippen LogP contribution in [0.3, 0.4) is 0 Å². The lowest BCUT2D eigenvalue weighted by Crippen LogP contribution is -2.51. The molecule has 138 valence electrons. The van der Waals surface area contributed by atoms with Gasteiger partial charge in [0.2, 0.25) is 5.91 Å². The van der Waals surface area contributed by atoms with E-state index in [1.165, 1.54) is 23.4 Å². The van der Waals surface area contributed by atoms with Crippen LogP contribution < -0.4 is 10.2 Å². The zero-order chi connectivity index (χ0) is 18.5. The van der Waals surface area contributed by atoms with E-state index in [9.17, 15) is 9.18 Å². The van der Waals surface area contributed by atoms with E-state index in [0.29, 0.717) is 0 Å². The lowest BCUT2D eigenvalue weighted by atomic mass is 10.1. The number of halogens is 1. The van der Waals surface area contributed by atoms with Crippen molar-refractivity contribution in [3.05, 3.63) is 65.5 Å². The predicted octanol–water partition coefficient (Wildman–Crippen LogP) is 3.13. The molecule has 3 rings (SSSR count). The van der Waals surface area contributed by atoms with Gasteiger partial charge in [-0.15, -0.1) is 0 Å². The third-order valence-corrected chi connectivity index (χ3v) is 4.91. The molecule has 5 heteroatoms. The number of hydrogen-bond donors (Lipinski definition) is 1. The van der Waals surface area contributed by atoms with Crippen molar-refractivity contribution in [2.75, 3.05) is 37.6 Å². The van der Waals surface area contributed by atoms with Gasteiger partial charge in [0.25, 0.3) is 0 Å². The first-order chi connectivity index (χ1) is 12.5. The van der Waals surface area contributed by atoms with Gasteiger partial charge in [-0.05, 0) is 49.2 Å². The van der Waals surface area contributed by atoms with E-state index in [4.69, 9.17) is 0 Å². The Kier molecular flexibility index (Phi) is 5.89. The Bertz CT molecular complexity index is 756. The Balaban J connectivity index is 1.48. The standard InChI is InChI=1S/C21H26FN3O/c1-16-5-3-8-20(13-16)24-9-11-25(12-10-24)21(26)15-23-17(2)18-6-4-7-19(22)14-18/h3-8,13-14,17,23H,9-12,15H2,1-2H3/t17-/m0/s1. The minimum Gasteiger partial charge on any atom is -0.368 e. The molecule has 1 atom stereocenters. The fraction of sp³-hybridized carbons (Fsp3) is 0.381. The number of carbonyl (C=O) groups is 1. The molecule has 1 saturated heterocycles. The molecule has 2 aromatic rings. The SMILES string of the molecule is Cc1cccc(N2CCN(C(=O)CN[C@@H](C)c3cccc(F)c3)CC2)c1. The van der Waals surface area contributed by atoms with Gasteiger partial charge >= 0.3 is 0 Å². The third kappa shape index (κ3) is 4.61. The highest BCUT2D eigenvalue weighted by atomic mass is 19.1. The normalized spacial score (nSPS) is 15.8. The highest BCUT2D eigenvalue weighted by Gasteiger charge is 2.21.